The normalized spacial score (nSPS) is 15.0. The highest BCUT2D eigenvalue weighted by Crippen LogP contribution is 2.34. The number of halogens is 1. The van der Waals surface area contributed by atoms with Crippen LogP contribution in [0.3, 0.4) is 0 Å². The van der Waals surface area contributed by atoms with Gasteiger partial charge in [0.25, 0.3) is 0 Å². The number of rotatable bonds is 6. The zero-order chi connectivity index (χ0) is 22.8. The van der Waals surface area contributed by atoms with E-state index in [9.17, 15) is 0 Å². The highest BCUT2D eigenvalue weighted by atomic mass is 79.9. The predicted molar refractivity (Wildman–Crippen MR) is 136 cm³/mol. The number of hydrogen-bond donors (Lipinski definition) is 1. The molecule has 0 radical (unpaired) electrons. The molecule has 5 rings (SSSR count). The Morgan fingerprint density at radius 1 is 1.00 bits per heavy atom. The molecule has 1 saturated heterocycles. The topological polar surface area (TPSA) is 64.2 Å². The third-order valence-corrected chi connectivity index (χ3v) is 6.57. The van der Waals surface area contributed by atoms with Gasteiger partial charge in [-0.1, -0.05) is 30.3 Å². The third-order valence-electron chi connectivity index (χ3n) is 5.99. The van der Waals surface area contributed by atoms with Gasteiger partial charge in [-0.15, -0.1) is 0 Å². The van der Waals surface area contributed by atoms with E-state index in [1.165, 1.54) is 11.1 Å². The molecular formula is C25H28BrN7. The lowest BCUT2D eigenvalue weighted by Gasteiger charge is -2.36. The zero-order valence-corrected chi connectivity index (χ0v) is 20.6. The second-order valence-electron chi connectivity index (χ2n) is 8.80. The summed E-state index contributed by atoms with van der Waals surface area (Å²) in [5.41, 5.74) is 6.46. The van der Waals surface area contributed by atoms with E-state index in [2.05, 4.69) is 90.0 Å². The summed E-state index contributed by atoms with van der Waals surface area (Å²) in [4.78, 5) is 24.3. The summed E-state index contributed by atoms with van der Waals surface area (Å²) in [7, 11) is 4.16. The molecule has 1 fully saturated rings. The van der Waals surface area contributed by atoms with E-state index in [4.69, 9.17) is 4.98 Å². The van der Waals surface area contributed by atoms with Crippen molar-refractivity contribution in [1.82, 2.24) is 29.7 Å². The van der Waals surface area contributed by atoms with Crippen molar-refractivity contribution in [3.8, 4) is 11.4 Å². The molecule has 0 unspecified atom stereocenters. The molecule has 7 nitrogen and oxygen atoms in total. The lowest BCUT2D eigenvalue weighted by molar-refractivity contribution is 0.249. The van der Waals surface area contributed by atoms with Crippen LogP contribution in [0.25, 0.3) is 22.6 Å². The number of hydrogen-bond acceptors (Lipinski definition) is 6. The fraction of sp³-hybridized carbons (Fsp3) is 0.320. The van der Waals surface area contributed by atoms with Gasteiger partial charge in [-0.25, -0.2) is 9.97 Å². The molecule has 0 atom stereocenters. The number of fused-ring (bicyclic) bond motifs is 1. The predicted octanol–water partition coefficient (Wildman–Crippen LogP) is 4.17. The van der Waals surface area contributed by atoms with Crippen molar-refractivity contribution >= 4 is 32.8 Å². The summed E-state index contributed by atoms with van der Waals surface area (Å²) in [5, 5.41) is 0. The van der Waals surface area contributed by atoms with Crippen LogP contribution in [-0.2, 0) is 13.1 Å². The van der Waals surface area contributed by atoms with Crippen LogP contribution >= 0.6 is 15.9 Å². The van der Waals surface area contributed by atoms with Crippen LogP contribution in [0.2, 0.25) is 0 Å². The first-order valence-corrected chi connectivity index (χ1v) is 12.0. The van der Waals surface area contributed by atoms with Crippen LogP contribution < -0.4 is 4.90 Å². The Morgan fingerprint density at radius 3 is 2.48 bits per heavy atom. The van der Waals surface area contributed by atoms with E-state index >= 15 is 0 Å². The highest BCUT2D eigenvalue weighted by Gasteiger charge is 2.23. The van der Waals surface area contributed by atoms with E-state index in [-0.39, 0.29) is 0 Å². The molecule has 1 aromatic carbocycles. The molecule has 0 spiro atoms. The van der Waals surface area contributed by atoms with Crippen LogP contribution in [0.5, 0.6) is 0 Å². The number of benzene rings is 1. The molecule has 1 aliphatic rings. The molecule has 8 heteroatoms. The zero-order valence-electron chi connectivity index (χ0n) is 19.0. The van der Waals surface area contributed by atoms with Gasteiger partial charge in [0.2, 0.25) is 0 Å². The number of H-pyrrole nitrogens is 1. The Morgan fingerprint density at radius 2 is 1.79 bits per heavy atom. The lowest BCUT2D eigenvalue weighted by atomic mass is 10.1. The van der Waals surface area contributed by atoms with Gasteiger partial charge < -0.3 is 14.8 Å². The van der Waals surface area contributed by atoms with Crippen molar-refractivity contribution in [2.45, 2.75) is 13.1 Å². The number of imidazole rings is 1. The molecule has 170 valence electrons. The molecule has 4 heterocycles. The minimum Gasteiger partial charge on any atom is -0.366 e. The van der Waals surface area contributed by atoms with Crippen molar-refractivity contribution in [3.63, 3.8) is 0 Å². The van der Waals surface area contributed by atoms with E-state index < -0.39 is 0 Å². The minimum atomic E-state index is 0.818. The van der Waals surface area contributed by atoms with Crippen molar-refractivity contribution in [2.75, 3.05) is 45.2 Å². The van der Waals surface area contributed by atoms with Gasteiger partial charge in [0, 0.05) is 63.4 Å². The number of aromatic nitrogens is 4. The molecular weight excluding hydrogens is 478 g/mol. The minimum absolute atomic E-state index is 0.818. The van der Waals surface area contributed by atoms with Crippen LogP contribution in [0, 0.1) is 0 Å². The summed E-state index contributed by atoms with van der Waals surface area (Å²) in [6.07, 6.45) is 5.65. The molecule has 33 heavy (non-hydrogen) atoms. The number of anilines is 1. The fourth-order valence-electron chi connectivity index (χ4n) is 4.37. The van der Waals surface area contributed by atoms with Gasteiger partial charge >= 0.3 is 0 Å². The van der Waals surface area contributed by atoms with Gasteiger partial charge in [-0.3, -0.25) is 9.88 Å². The van der Waals surface area contributed by atoms with Crippen molar-refractivity contribution in [3.05, 3.63) is 70.6 Å². The van der Waals surface area contributed by atoms with Crippen molar-refractivity contribution in [1.29, 1.82) is 0 Å². The largest absolute Gasteiger partial charge is 0.366 e. The van der Waals surface area contributed by atoms with Gasteiger partial charge in [-0.05, 0) is 47.2 Å². The number of nitrogens with one attached hydrogen (secondary N) is 1. The first kappa shape index (κ1) is 22.0. The molecule has 0 bridgehead atoms. The van der Waals surface area contributed by atoms with E-state index in [1.54, 1.807) is 0 Å². The standard InChI is InChI=1S/C25H28BrN7/c1-31(2)16-18-5-7-20(8-6-18)24-29-22-23(21(26)15-28-25(22)30-24)33-12-10-32(11-13-33)17-19-4-3-9-27-14-19/h3-9,14-15H,10-13,16-17H2,1-2H3,(H,28,29,30). The summed E-state index contributed by atoms with van der Waals surface area (Å²) < 4.78 is 0.982. The smallest absolute Gasteiger partial charge is 0.159 e. The summed E-state index contributed by atoms with van der Waals surface area (Å²) >= 11 is 3.74. The van der Waals surface area contributed by atoms with Crippen LogP contribution in [0.15, 0.2) is 59.5 Å². The van der Waals surface area contributed by atoms with E-state index in [0.717, 1.165) is 72.0 Å². The van der Waals surface area contributed by atoms with Crippen molar-refractivity contribution < 1.29 is 0 Å². The van der Waals surface area contributed by atoms with Gasteiger partial charge in [0.05, 0.1) is 10.2 Å². The molecule has 4 aromatic rings. The fourth-order valence-corrected chi connectivity index (χ4v) is 4.91. The molecule has 0 aliphatic carbocycles. The van der Waals surface area contributed by atoms with Crippen LogP contribution in [0.1, 0.15) is 11.1 Å². The number of piperazine rings is 1. The van der Waals surface area contributed by atoms with Gasteiger partial charge in [0.1, 0.15) is 11.3 Å². The first-order chi connectivity index (χ1) is 16.1. The molecule has 0 amide bonds. The second-order valence-corrected chi connectivity index (χ2v) is 9.65. The maximum absolute atomic E-state index is 4.97. The average molecular weight is 506 g/mol. The highest BCUT2D eigenvalue weighted by molar-refractivity contribution is 9.10. The SMILES string of the molecule is CN(C)Cc1ccc(-c2nc3c(N4CCN(Cc5cccnc5)CC4)c(Br)cnc3[nH]2)cc1. The summed E-state index contributed by atoms with van der Waals surface area (Å²) in [6, 6.07) is 12.7. The second kappa shape index (κ2) is 9.59. The number of pyridine rings is 2. The number of nitrogens with zero attached hydrogens (tertiary/aromatic N) is 6. The average Bonchev–Trinajstić information content (AvgIpc) is 3.25. The van der Waals surface area contributed by atoms with Gasteiger partial charge in [0.15, 0.2) is 5.65 Å². The Labute approximate surface area is 202 Å². The first-order valence-electron chi connectivity index (χ1n) is 11.2. The van der Waals surface area contributed by atoms with Crippen LogP contribution in [0.4, 0.5) is 5.69 Å². The summed E-state index contributed by atoms with van der Waals surface area (Å²) in [6.45, 7) is 5.74. The molecule has 0 saturated carbocycles. The number of aromatic amines is 1. The Hall–Kier alpha value is -2.81. The Balaban J connectivity index is 1.36. The van der Waals surface area contributed by atoms with E-state index in [0.29, 0.717) is 0 Å². The third kappa shape index (κ3) is 4.93. The molecule has 3 aromatic heterocycles. The Kier molecular flexibility index (Phi) is 6.39. The maximum atomic E-state index is 4.97. The molecule has 1 N–H and O–H groups in total. The Bertz CT molecular complexity index is 1210. The molecule has 1 aliphatic heterocycles. The quantitative estimate of drug-likeness (QED) is 0.424. The maximum Gasteiger partial charge on any atom is 0.159 e. The van der Waals surface area contributed by atoms with E-state index in [1.807, 2.05) is 24.7 Å². The van der Waals surface area contributed by atoms with Gasteiger partial charge in [-0.2, -0.15) is 0 Å². The monoisotopic (exact) mass is 505 g/mol. The lowest BCUT2D eigenvalue weighted by Crippen LogP contribution is -2.46. The summed E-state index contributed by atoms with van der Waals surface area (Å²) in [5.74, 6) is 0.850. The van der Waals surface area contributed by atoms with Crippen LogP contribution in [-0.4, -0.2) is 70.0 Å². The van der Waals surface area contributed by atoms with Crippen molar-refractivity contribution in [2.24, 2.45) is 0 Å².